The lowest BCUT2D eigenvalue weighted by Crippen LogP contribution is -2.20. The van der Waals surface area contributed by atoms with Crippen molar-refractivity contribution in [3.05, 3.63) is 66.0 Å². The fourth-order valence-electron chi connectivity index (χ4n) is 2.46. The van der Waals surface area contributed by atoms with Crippen molar-refractivity contribution in [1.82, 2.24) is 10.4 Å². The van der Waals surface area contributed by atoms with Crippen molar-refractivity contribution in [1.29, 1.82) is 0 Å². The van der Waals surface area contributed by atoms with Gasteiger partial charge in [0, 0.05) is 29.9 Å². The molecule has 0 radical (unpaired) electrons. The van der Waals surface area contributed by atoms with Gasteiger partial charge < -0.3 is 0 Å². The number of benzene rings is 1. The lowest BCUT2D eigenvalue weighted by Gasteiger charge is -2.07. The molecule has 1 N–H and O–H groups in total. The van der Waals surface area contributed by atoms with E-state index in [4.69, 9.17) is 0 Å². The molecule has 0 fully saturated rings. The van der Waals surface area contributed by atoms with Crippen LogP contribution in [0.5, 0.6) is 0 Å². The van der Waals surface area contributed by atoms with Gasteiger partial charge in [0.2, 0.25) is 5.91 Å². The second-order valence-corrected chi connectivity index (χ2v) is 5.77. The van der Waals surface area contributed by atoms with Gasteiger partial charge in [-0.15, -0.1) is 0 Å². The first-order chi connectivity index (χ1) is 11.8. The van der Waals surface area contributed by atoms with Crippen molar-refractivity contribution in [3.8, 4) is 0 Å². The third-order valence-electron chi connectivity index (χ3n) is 3.78. The largest absolute Gasteiger partial charge is 0.273 e. The number of unbranched alkanes of at least 4 members (excludes halogenated alkanes) is 4. The normalized spacial score (nSPS) is 11.3. The molecule has 0 saturated carbocycles. The molecule has 0 aliphatic heterocycles. The summed E-state index contributed by atoms with van der Waals surface area (Å²) in [6.07, 6.45) is 9.64. The predicted octanol–water partition coefficient (Wildman–Crippen LogP) is 4.31. The van der Waals surface area contributed by atoms with Crippen LogP contribution in [0.2, 0.25) is 0 Å². The van der Waals surface area contributed by atoms with E-state index in [2.05, 4.69) is 22.4 Å². The number of hydrazone groups is 1. The predicted molar refractivity (Wildman–Crippen MR) is 97.8 cm³/mol. The van der Waals surface area contributed by atoms with E-state index >= 15 is 0 Å². The van der Waals surface area contributed by atoms with Gasteiger partial charge in [0.1, 0.15) is 0 Å². The highest BCUT2D eigenvalue weighted by molar-refractivity contribution is 6.12. The highest BCUT2D eigenvalue weighted by atomic mass is 16.2. The van der Waals surface area contributed by atoms with Gasteiger partial charge in [-0.2, -0.15) is 5.10 Å². The van der Waals surface area contributed by atoms with Crippen molar-refractivity contribution in [2.75, 3.05) is 0 Å². The highest BCUT2D eigenvalue weighted by Gasteiger charge is 2.08. The fraction of sp³-hybridized carbons (Fsp3) is 0.350. The summed E-state index contributed by atoms with van der Waals surface area (Å²) >= 11 is 0. The molecule has 0 atom stereocenters. The molecule has 1 amide bonds. The monoisotopic (exact) mass is 323 g/mol. The minimum atomic E-state index is -0.0381. The van der Waals surface area contributed by atoms with Crippen LogP contribution in [0, 0.1) is 0 Å². The van der Waals surface area contributed by atoms with Crippen LogP contribution in [0.4, 0.5) is 0 Å². The molecule has 1 heterocycles. The van der Waals surface area contributed by atoms with Crippen molar-refractivity contribution >= 4 is 11.6 Å². The molecule has 1 aromatic carbocycles. The molecule has 0 bridgehead atoms. The molecule has 2 aromatic rings. The van der Waals surface area contributed by atoms with E-state index in [9.17, 15) is 4.79 Å². The smallest absolute Gasteiger partial charge is 0.240 e. The van der Waals surface area contributed by atoms with Crippen LogP contribution in [0.1, 0.15) is 56.6 Å². The summed E-state index contributed by atoms with van der Waals surface area (Å²) in [6, 6.07) is 13.6. The number of rotatable bonds is 9. The number of amides is 1. The van der Waals surface area contributed by atoms with Gasteiger partial charge in [0.25, 0.3) is 0 Å². The van der Waals surface area contributed by atoms with Crippen LogP contribution < -0.4 is 5.43 Å². The van der Waals surface area contributed by atoms with Crippen LogP contribution in [0.3, 0.4) is 0 Å². The zero-order valence-corrected chi connectivity index (χ0v) is 14.2. The summed E-state index contributed by atoms with van der Waals surface area (Å²) in [5, 5.41) is 4.36. The minimum absolute atomic E-state index is 0.0381. The van der Waals surface area contributed by atoms with Crippen LogP contribution in [0.15, 0.2) is 60.0 Å². The molecule has 0 saturated heterocycles. The fourth-order valence-corrected chi connectivity index (χ4v) is 2.46. The van der Waals surface area contributed by atoms with E-state index in [0.29, 0.717) is 6.42 Å². The summed E-state index contributed by atoms with van der Waals surface area (Å²) in [5.41, 5.74) is 5.25. The molecular formula is C20H25N3O. The third kappa shape index (κ3) is 5.95. The summed E-state index contributed by atoms with van der Waals surface area (Å²) < 4.78 is 0. The van der Waals surface area contributed by atoms with Crippen LogP contribution >= 0.6 is 0 Å². The standard InChI is InChI=1S/C20H25N3O/c1-2-3-4-5-9-14-19(24)22-23-20(17-11-7-6-8-12-17)18-13-10-15-21-16-18/h6-8,10-13,15-16H,2-5,9,14H2,1H3,(H,22,24). The topological polar surface area (TPSA) is 54.4 Å². The molecule has 1 aromatic heterocycles. The number of carbonyl (C=O) groups excluding carboxylic acids is 1. The summed E-state index contributed by atoms with van der Waals surface area (Å²) in [6.45, 7) is 2.19. The molecule has 4 heteroatoms. The van der Waals surface area contributed by atoms with Crippen molar-refractivity contribution in [3.63, 3.8) is 0 Å². The van der Waals surface area contributed by atoms with E-state index in [1.807, 2.05) is 42.5 Å². The quantitative estimate of drug-likeness (QED) is 0.425. The molecular weight excluding hydrogens is 298 g/mol. The second kappa shape index (κ2) is 10.3. The number of hydrogen-bond acceptors (Lipinski definition) is 3. The minimum Gasteiger partial charge on any atom is -0.273 e. The maximum atomic E-state index is 12.0. The molecule has 2 rings (SSSR count). The Labute approximate surface area is 144 Å². The first-order valence-corrected chi connectivity index (χ1v) is 8.63. The van der Waals surface area contributed by atoms with Crippen molar-refractivity contribution in [2.45, 2.75) is 45.4 Å². The van der Waals surface area contributed by atoms with E-state index < -0.39 is 0 Å². The van der Waals surface area contributed by atoms with Gasteiger partial charge in [0.05, 0.1) is 5.71 Å². The lowest BCUT2D eigenvalue weighted by molar-refractivity contribution is -0.121. The number of nitrogens with zero attached hydrogens (tertiary/aromatic N) is 2. The number of nitrogens with one attached hydrogen (secondary N) is 1. The van der Waals surface area contributed by atoms with Gasteiger partial charge in [-0.05, 0) is 18.6 Å². The van der Waals surface area contributed by atoms with Gasteiger partial charge in [-0.3, -0.25) is 9.78 Å². The van der Waals surface area contributed by atoms with Crippen molar-refractivity contribution < 1.29 is 4.79 Å². The van der Waals surface area contributed by atoms with Gasteiger partial charge in [-0.1, -0.05) is 62.9 Å². The molecule has 0 aliphatic rings. The number of carbonyl (C=O) groups is 1. The summed E-state index contributed by atoms with van der Waals surface area (Å²) in [5.74, 6) is -0.0381. The maximum Gasteiger partial charge on any atom is 0.240 e. The average molecular weight is 323 g/mol. The molecule has 4 nitrogen and oxygen atoms in total. The van der Waals surface area contributed by atoms with E-state index in [-0.39, 0.29) is 5.91 Å². The van der Waals surface area contributed by atoms with E-state index in [1.165, 1.54) is 19.3 Å². The Bertz CT molecular complexity index is 597. The van der Waals surface area contributed by atoms with Gasteiger partial charge in [0.15, 0.2) is 0 Å². The third-order valence-corrected chi connectivity index (χ3v) is 3.78. The highest BCUT2D eigenvalue weighted by Crippen LogP contribution is 2.10. The zero-order chi connectivity index (χ0) is 17.0. The van der Waals surface area contributed by atoms with Crippen LogP contribution in [-0.4, -0.2) is 16.6 Å². The van der Waals surface area contributed by atoms with Gasteiger partial charge >= 0.3 is 0 Å². The SMILES string of the molecule is CCCCCCCC(=O)NN=C(c1ccccc1)c1cccnc1. The summed E-state index contributed by atoms with van der Waals surface area (Å²) in [4.78, 5) is 16.2. The average Bonchev–Trinajstić information content (AvgIpc) is 2.63. The Morgan fingerprint density at radius 3 is 2.46 bits per heavy atom. The first kappa shape index (κ1) is 17.9. The maximum absolute atomic E-state index is 12.0. The van der Waals surface area contributed by atoms with E-state index in [1.54, 1.807) is 12.4 Å². The van der Waals surface area contributed by atoms with Crippen molar-refractivity contribution in [2.24, 2.45) is 5.10 Å². The summed E-state index contributed by atoms with van der Waals surface area (Å²) in [7, 11) is 0. The molecule has 0 aliphatic carbocycles. The molecule has 126 valence electrons. The Morgan fingerprint density at radius 2 is 1.75 bits per heavy atom. The Morgan fingerprint density at radius 1 is 1.00 bits per heavy atom. The molecule has 0 unspecified atom stereocenters. The Balaban J connectivity index is 2.00. The number of pyridine rings is 1. The first-order valence-electron chi connectivity index (χ1n) is 8.63. The number of aromatic nitrogens is 1. The van der Waals surface area contributed by atoms with Crippen LogP contribution in [0.25, 0.3) is 0 Å². The van der Waals surface area contributed by atoms with E-state index in [0.717, 1.165) is 29.7 Å². The molecule has 0 spiro atoms. The Hall–Kier alpha value is -2.49. The molecule has 24 heavy (non-hydrogen) atoms. The lowest BCUT2D eigenvalue weighted by atomic mass is 10.0. The number of hydrogen-bond donors (Lipinski definition) is 1. The Kier molecular flexibility index (Phi) is 7.68. The van der Waals surface area contributed by atoms with Crippen LogP contribution in [-0.2, 0) is 4.79 Å². The zero-order valence-electron chi connectivity index (χ0n) is 14.2. The van der Waals surface area contributed by atoms with Gasteiger partial charge in [-0.25, -0.2) is 5.43 Å². The second-order valence-electron chi connectivity index (χ2n) is 5.77.